The van der Waals surface area contributed by atoms with Crippen LogP contribution in [0.5, 0.6) is 0 Å². The first-order valence-corrected chi connectivity index (χ1v) is 7.96. The van der Waals surface area contributed by atoms with Crippen LogP contribution in [0.25, 0.3) is 0 Å². The van der Waals surface area contributed by atoms with E-state index in [2.05, 4.69) is 0 Å². The molecule has 102 valence electrons. The Labute approximate surface area is 106 Å². The lowest BCUT2D eigenvalue weighted by Crippen LogP contribution is -2.19. The Morgan fingerprint density at radius 2 is 1.44 bits per heavy atom. The molecule has 9 heteroatoms. The molecule has 0 bridgehead atoms. The monoisotopic (exact) mass is 294 g/mol. The average molecular weight is 294 g/mol. The standard InChI is InChI=1S/C9H14N2O5S2/c1-6-8(17(10,13)14)4-7(2-3-12)5-9(6)18(11,15)16/h4-5,12H,2-3H2,1H3,(H2,10,13,14)(H2,11,15,16). The van der Waals surface area contributed by atoms with E-state index in [1.807, 2.05) is 0 Å². The Morgan fingerprint density at radius 1 is 1.06 bits per heavy atom. The van der Waals surface area contributed by atoms with Gasteiger partial charge in [0.2, 0.25) is 20.0 Å². The third-order valence-electron chi connectivity index (χ3n) is 2.39. The van der Waals surface area contributed by atoms with E-state index < -0.39 is 20.0 Å². The highest BCUT2D eigenvalue weighted by molar-refractivity contribution is 7.90. The minimum atomic E-state index is -4.06. The molecule has 0 saturated heterocycles. The Balaban J connectivity index is 3.70. The number of sulfonamides is 2. The van der Waals surface area contributed by atoms with Crippen molar-refractivity contribution in [3.05, 3.63) is 23.3 Å². The van der Waals surface area contributed by atoms with Gasteiger partial charge in [0.05, 0.1) is 9.79 Å². The maximum absolute atomic E-state index is 11.4. The number of nitrogens with two attached hydrogens (primary N) is 2. The van der Waals surface area contributed by atoms with Crippen LogP contribution in [0.4, 0.5) is 0 Å². The summed E-state index contributed by atoms with van der Waals surface area (Å²) in [6.45, 7) is 1.05. The van der Waals surface area contributed by atoms with E-state index in [4.69, 9.17) is 15.4 Å². The maximum atomic E-state index is 11.4. The molecule has 0 aliphatic carbocycles. The SMILES string of the molecule is Cc1c(S(N)(=O)=O)cc(CCO)cc1S(N)(=O)=O. The van der Waals surface area contributed by atoms with E-state index in [1.54, 1.807) is 0 Å². The van der Waals surface area contributed by atoms with Gasteiger partial charge in [0, 0.05) is 6.61 Å². The van der Waals surface area contributed by atoms with Crippen LogP contribution >= 0.6 is 0 Å². The first-order chi connectivity index (χ1) is 8.07. The quantitative estimate of drug-likeness (QED) is 0.641. The van der Waals surface area contributed by atoms with Gasteiger partial charge in [-0.25, -0.2) is 27.1 Å². The van der Waals surface area contributed by atoms with Gasteiger partial charge in [-0.1, -0.05) is 0 Å². The number of aliphatic hydroxyl groups is 1. The number of aliphatic hydroxyl groups excluding tert-OH is 1. The molecule has 18 heavy (non-hydrogen) atoms. The van der Waals surface area contributed by atoms with Crippen LogP contribution in [0.2, 0.25) is 0 Å². The molecule has 0 fully saturated rings. The van der Waals surface area contributed by atoms with Crippen LogP contribution in [0.3, 0.4) is 0 Å². The molecule has 0 atom stereocenters. The molecule has 0 radical (unpaired) electrons. The first kappa shape index (κ1) is 15.1. The van der Waals surface area contributed by atoms with Crippen molar-refractivity contribution in [1.82, 2.24) is 0 Å². The molecule has 1 rings (SSSR count). The molecule has 0 unspecified atom stereocenters. The second-order valence-electron chi connectivity index (χ2n) is 3.78. The van der Waals surface area contributed by atoms with Crippen LogP contribution in [0.15, 0.2) is 21.9 Å². The summed E-state index contributed by atoms with van der Waals surface area (Å²) < 4.78 is 45.5. The summed E-state index contributed by atoms with van der Waals surface area (Å²) in [5.41, 5.74) is 0.304. The molecule has 5 N–H and O–H groups in total. The van der Waals surface area contributed by atoms with Gasteiger partial charge in [-0.2, -0.15) is 0 Å². The van der Waals surface area contributed by atoms with Gasteiger partial charge in [-0.3, -0.25) is 0 Å². The predicted octanol–water partition coefficient (Wildman–Crippen LogP) is -1.18. The number of hydrogen-bond donors (Lipinski definition) is 3. The average Bonchev–Trinajstić information content (AvgIpc) is 2.17. The molecule has 0 heterocycles. The van der Waals surface area contributed by atoms with Gasteiger partial charge in [0.15, 0.2) is 0 Å². The molecule has 0 spiro atoms. The first-order valence-electron chi connectivity index (χ1n) is 4.87. The highest BCUT2D eigenvalue weighted by Gasteiger charge is 2.21. The molecular formula is C9H14N2O5S2. The zero-order valence-corrected chi connectivity index (χ0v) is 11.3. The molecule has 7 nitrogen and oxygen atoms in total. The van der Waals surface area contributed by atoms with Gasteiger partial charge in [-0.05, 0) is 36.6 Å². The van der Waals surface area contributed by atoms with E-state index in [0.717, 1.165) is 0 Å². The summed E-state index contributed by atoms with van der Waals surface area (Å²) in [7, 11) is -8.12. The lowest BCUT2D eigenvalue weighted by Gasteiger charge is -2.11. The summed E-state index contributed by atoms with van der Waals surface area (Å²) in [6, 6.07) is 2.46. The van der Waals surface area contributed by atoms with E-state index in [0.29, 0.717) is 5.56 Å². The second kappa shape index (κ2) is 4.94. The molecule has 0 saturated carbocycles. The van der Waals surface area contributed by atoms with E-state index in [-0.39, 0.29) is 28.4 Å². The highest BCUT2D eigenvalue weighted by atomic mass is 32.2. The summed E-state index contributed by atoms with van der Waals surface area (Å²) in [5, 5.41) is 18.8. The lowest BCUT2D eigenvalue weighted by atomic mass is 10.1. The predicted molar refractivity (Wildman–Crippen MR) is 64.7 cm³/mol. The van der Waals surface area contributed by atoms with Gasteiger partial charge < -0.3 is 5.11 Å². The number of primary sulfonamides is 2. The molecule has 0 amide bonds. The van der Waals surface area contributed by atoms with Gasteiger partial charge in [0.1, 0.15) is 0 Å². The van der Waals surface area contributed by atoms with Crippen molar-refractivity contribution in [2.75, 3.05) is 6.61 Å². The lowest BCUT2D eigenvalue weighted by molar-refractivity contribution is 0.299. The minimum Gasteiger partial charge on any atom is -0.396 e. The number of benzene rings is 1. The highest BCUT2D eigenvalue weighted by Crippen LogP contribution is 2.23. The van der Waals surface area contributed by atoms with Gasteiger partial charge in [-0.15, -0.1) is 0 Å². The van der Waals surface area contributed by atoms with Crippen molar-refractivity contribution in [1.29, 1.82) is 0 Å². The summed E-state index contributed by atoms with van der Waals surface area (Å²) in [5.74, 6) is 0. The fourth-order valence-electron chi connectivity index (χ4n) is 1.58. The largest absolute Gasteiger partial charge is 0.396 e. The molecule has 1 aromatic rings. The van der Waals surface area contributed by atoms with E-state index in [1.165, 1.54) is 19.1 Å². The van der Waals surface area contributed by atoms with Crippen molar-refractivity contribution in [2.45, 2.75) is 23.1 Å². The third kappa shape index (κ3) is 3.27. The van der Waals surface area contributed by atoms with Crippen LogP contribution in [-0.2, 0) is 26.5 Å². The Kier molecular flexibility index (Phi) is 4.13. The van der Waals surface area contributed by atoms with Crippen molar-refractivity contribution >= 4 is 20.0 Å². The molecular weight excluding hydrogens is 280 g/mol. The zero-order valence-electron chi connectivity index (χ0n) is 9.62. The fraction of sp³-hybridized carbons (Fsp3) is 0.333. The van der Waals surface area contributed by atoms with Crippen LogP contribution in [-0.4, -0.2) is 28.5 Å². The molecule has 0 aromatic heterocycles. The van der Waals surface area contributed by atoms with E-state index in [9.17, 15) is 16.8 Å². The van der Waals surface area contributed by atoms with Crippen molar-refractivity contribution in [3.63, 3.8) is 0 Å². The molecule has 1 aromatic carbocycles. The Bertz CT molecular complexity index is 611. The summed E-state index contributed by atoms with van der Waals surface area (Å²) >= 11 is 0. The molecule has 0 aliphatic rings. The number of hydrogen-bond acceptors (Lipinski definition) is 5. The van der Waals surface area contributed by atoms with E-state index >= 15 is 0 Å². The van der Waals surface area contributed by atoms with Crippen molar-refractivity contribution in [3.8, 4) is 0 Å². The third-order valence-corrected chi connectivity index (χ3v) is 4.46. The van der Waals surface area contributed by atoms with Crippen LogP contribution in [0.1, 0.15) is 11.1 Å². The maximum Gasteiger partial charge on any atom is 0.238 e. The fourth-order valence-corrected chi connectivity index (χ4v) is 3.35. The van der Waals surface area contributed by atoms with Gasteiger partial charge >= 0.3 is 0 Å². The summed E-state index contributed by atoms with van der Waals surface area (Å²) in [6.07, 6.45) is 0.103. The van der Waals surface area contributed by atoms with Crippen molar-refractivity contribution < 1.29 is 21.9 Å². The smallest absolute Gasteiger partial charge is 0.238 e. The zero-order chi connectivity index (χ0) is 14.1. The molecule has 0 aliphatic heterocycles. The Morgan fingerprint density at radius 3 is 1.72 bits per heavy atom. The minimum absolute atomic E-state index is 0.0262. The van der Waals surface area contributed by atoms with Crippen molar-refractivity contribution in [2.24, 2.45) is 10.3 Å². The topological polar surface area (TPSA) is 141 Å². The van der Waals surface area contributed by atoms with Crippen LogP contribution < -0.4 is 10.3 Å². The van der Waals surface area contributed by atoms with Crippen LogP contribution in [0, 0.1) is 6.92 Å². The van der Waals surface area contributed by atoms with Gasteiger partial charge in [0.25, 0.3) is 0 Å². The second-order valence-corrected chi connectivity index (χ2v) is 6.84. The normalized spacial score (nSPS) is 12.7. The Hall–Kier alpha value is -1.00. The summed E-state index contributed by atoms with van der Waals surface area (Å²) in [4.78, 5) is -0.616. The number of rotatable bonds is 4.